The van der Waals surface area contributed by atoms with E-state index in [1.165, 1.54) is 12.8 Å². The van der Waals surface area contributed by atoms with Crippen LogP contribution in [0.15, 0.2) is 0 Å². The Hall–Kier alpha value is -0.650. The predicted molar refractivity (Wildman–Crippen MR) is 77.3 cm³/mol. The third-order valence-electron chi connectivity index (χ3n) is 5.06. The van der Waals surface area contributed by atoms with Gasteiger partial charge in [-0.15, -0.1) is 0 Å². The minimum absolute atomic E-state index is 0.318. The number of carbonyl (C=O) groups excluding carboxylic acids is 1. The molecule has 3 heterocycles. The SMILES string of the molecule is NCC1CC(=O)N(C2CCN(CC3CCCO3)CC2)C1. The Balaban J connectivity index is 1.45. The zero-order chi connectivity index (χ0) is 13.9. The third-order valence-corrected chi connectivity index (χ3v) is 5.06. The molecule has 5 nitrogen and oxygen atoms in total. The van der Waals surface area contributed by atoms with Crippen LogP contribution in [0.3, 0.4) is 0 Å². The molecule has 20 heavy (non-hydrogen) atoms. The minimum Gasteiger partial charge on any atom is -0.377 e. The van der Waals surface area contributed by atoms with Gasteiger partial charge in [-0.3, -0.25) is 4.79 Å². The second-order valence-corrected chi connectivity index (χ2v) is 6.52. The smallest absolute Gasteiger partial charge is 0.223 e. The lowest BCUT2D eigenvalue weighted by atomic mass is 10.0. The van der Waals surface area contributed by atoms with Crippen molar-refractivity contribution < 1.29 is 9.53 Å². The zero-order valence-electron chi connectivity index (χ0n) is 12.3. The molecule has 0 aromatic heterocycles. The van der Waals surface area contributed by atoms with Gasteiger partial charge in [-0.2, -0.15) is 0 Å². The fraction of sp³-hybridized carbons (Fsp3) is 0.933. The minimum atomic E-state index is 0.318. The molecule has 0 saturated carbocycles. The number of ether oxygens (including phenoxy) is 1. The lowest BCUT2D eigenvalue weighted by Gasteiger charge is -2.37. The normalized spacial score (nSPS) is 33.2. The van der Waals surface area contributed by atoms with Gasteiger partial charge in [0.05, 0.1) is 6.10 Å². The van der Waals surface area contributed by atoms with E-state index in [9.17, 15) is 4.79 Å². The zero-order valence-corrected chi connectivity index (χ0v) is 12.3. The van der Waals surface area contributed by atoms with Gasteiger partial charge in [0.1, 0.15) is 0 Å². The summed E-state index contributed by atoms with van der Waals surface area (Å²) in [5.41, 5.74) is 5.70. The topological polar surface area (TPSA) is 58.8 Å². The van der Waals surface area contributed by atoms with Crippen LogP contribution in [0, 0.1) is 5.92 Å². The van der Waals surface area contributed by atoms with Crippen molar-refractivity contribution in [2.45, 2.75) is 44.2 Å². The van der Waals surface area contributed by atoms with E-state index in [2.05, 4.69) is 9.80 Å². The van der Waals surface area contributed by atoms with Gasteiger partial charge in [0, 0.05) is 45.2 Å². The molecule has 2 atom stereocenters. The van der Waals surface area contributed by atoms with E-state index in [1.807, 2.05) is 0 Å². The van der Waals surface area contributed by atoms with Gasteiger partial charge in [-0.05, 0) is 38.1 Å². The standard InChI is InChI=1S/C15H27N3O2/c16-9-12-8-15(19)18(10-12)13-3-5-17(6-4-13)11-14-2-1-7-20-14/h12-14H,1-11,16H2. The van der Waals surface area contributed by atoms with E-state index in [1.54, 1.807) is 0 Å². The maximum Gasteiger partial charge on any atom is 0.223 e. The van der Waals surface area contributed by atoms with E-state index in [4.69, 9.17) is 10.5 Å². The summed E-state index contributed by atoms with van der Waals surface area (Å²) in [6.45, 7) is 5.73. The van der Waals surface area contributed by atoms with Crippen molar-refractivity contribution in [3.8, 4) is 0 Å². The number of carbonyl (C=O) groups is 1. The van der Waals surface area contributed by atoms with Gasteiger partial charge < -0.3 is 20.3 Å². The fourth-order valence-corrected chi connectivity index (χ4v) is 3.81. The van der Waals surface area contributed by atoms with Crippen molar-refractivity contribution in [2.75, 3.05) is 39.3 Å². The largest absolute Gasteiger partial charge is 0.377 e. The molecule has 0 bridgehead atoms. The summed E-state index contributed by atoms with van der Waals surface area (Å²) in [5.74, 6) is 0.699. The summed E-state index contributed by atoms with van der Waals surface area (Å²) in [6.07, 6.45) is 5.74. The van der Waals surface area contributed by atoms with Gasteiger partial charge in [0.25, 0.3) is 0 Å². The number of amides is 1. The van der Waals surface area contributed by atoms with Crippen molar-refractivity contribution in [1.29, 1.82) is 0 Å². The molecule has 0 aromatic carbocycles. The van der Waals surface area contributed by atoms with E-state index in [0.717, 1.165) is 45.6 Å². The molecular formula is C15H27N3O2. The molecule has 3 aliphatic heterocycles. The van der Waals surface area contributed by atoms with Gasteiger partial charge in [-0.25, -0.2) is 0 Å². The van der Waals surface area contributed by atoms with Gasteiger partial charge >= 0.3 is 0 Å². The van der Waals surface area contributed by atoms with Crippen LogP contribution < -0.4 is 5.73 Å². The monoisotopic (exact) mass is 281 g/mol. The Labute approximate surface area is 121 Å². The first-order valence-corrected chi connectivity index (χ1v) is 8.09. The highest BCUT2D eigenvalue weighted by Gasteiger charge is 2.35. The van der Waals surface area contributed by atoms with E-state index in [-0.39, 0.29) is 0 Å². The van der Waals surface area contributed by atoms with Crippen LogP contribution in [-0.4, -0.2) is 67.2 Å². The molecule has 3 aliphatic rings. The van der Waals surface area contributed by atoms with Crippen LogP contribution in [0.5, 0.6) is 0 Å². The molecule has 114 valence electrons. The summed E-state index contributed by atoms with van der Waals surface area (Å²) < 4.78 is 5.71. The molecule has 1 amide bonds. The first-order chi connectivity index (χ1) is 9.76. The molecule has 0 radical (unpaired) electrons. The lowest BCUT2D eigenvalue weighted by Crippen LogP contribution is -2.47. The van der Waals surface area contributed by atoms with Crippen molar-refractivity contribution in [2.24, 2.45) is 11.7 Å². The molecule has 0 aromatic rings. The Bertz CT molecular complexity index is 336. The Kier molecular flexibility index (Phi) is 4.58. The highest BCUT2D eigenvalue weighted by atomic mass is 16.5. The number of hydrogen-bond donors (Lipinski definition) is 1. The quantitative estimate of drug-likeness (QED) is 0.812. The molecule has 3 rings (SSSR count). The van der Waals surface area contributed by atoms with E-state index >= 15 is 0 Å². The third kappa shape index (κ3) is 3.15. The van der Waals surface area contributed by atoms with Crippen LogP contribution >= 0.6 is 0 Å². The van der Waals surface area contributed by atoms with Crippen LogP contribution in [0.2, 0.25) is 0 Å². The number of hydrogen-bond acceptors (Lipinski definition) is 4. The summed E-state index contributed by atoms with van der Waals surface area (Å²) >= 11 is 0. The molecular weight excluding hydrogens is 254 g/mol. The second-order valence-electron chi connectivity index (χ2n) is 6.52. The van der Waals surface area contributed by atoms with Crippen molar-refractivity contribution in [3.63, 3.8) is 0 Å². The molecule has 2 unspecified atom stereocenters. The van der Waals surface area contributed by atoms with Crippen LogP contribution in [-0.2, 0) is 9.53 Å². The van der Waals surface area contributed by atoms with Crippen molar-refractivity contribution in [1.82, 2.24) is 9.80 Å². The maximum absolute atomic E-state index is 12.0. The Morgan fingerprint density at radius 3 is 2.65 bits per heavy atom. The molecule has 3 saturated heterocycles. The average Bonchev–Trinajstić information content (AvgIpc) is 3.09. The van der Waals surface area contributed by atoms with Crippen molar-refractivity contribution >= 4 is 5.91 Å². The number of piperidine rings is 1. The summed E-state index contributed by atoms with van der Waals surface area (Å²) in [5, 5.41) is 0. The number of likely N-dealkylation sites (tertiary alicyclic amines) is 2. The Morgan fingerprint density at radius 1 is 1.25 bits per heavy atom. The Morgan fingerprint density at radius 2 is 2.05 bits per heavy atom. The van der Waals surface area contributed by atoms with Crippen molar-refractivity contribution in [3.05, 3.63) is 0 Å². The van der Waals surface area contributed by atoms with Crippen LogP contribution in [0.1, 0.15) is 32.1 Å². The molecule has 0 spiro atoms. The number of nitrogens with two attached hydrogens (primary N) is 1. The summed E-state index contributed by atoms with van der Waals surface area (Å²) in [4.78, 5) is 16.6. The van der Waals surface area contributed by atoms with Gasteiger partial charge in [0.15, 0.2) is 0 Å². The average molecular weight is 281 g/mol. The summed E-state index contributed by atoms with van der Waals surface area (Å²) in [6, 6.07) is 0.444. The molecule has 5 heteroatoms. The first kappa shape index (κ1) is 14.3. The van der Waals surface area contributed by atoms with E-state index in [0.29, 0.717) is 36.9 Å². The molecule has 0 aliphatic carbocycles. The van der Waals surface area contributed by atoms with Crippen LogP contribution in [0.4, 0.5) is 0 Å². The molecule has 2 N–H and O–H groups in total. The van der Waals surface area contributed by atoms with Crippen LogP contribution in [0.25, 0.3) is 0 Å². The first-order valence-electron chi connectivity index (χ1n) is 8.09. The number of rotatable bonds is 4. The highest BCUT2D eigenvalue weighted by molar-refractivity contribution is 5.79. The van der Waals surface area contributed by atoms with Gasteiger partial charge in [0.2, 0.25) is 5.91 Å². The van der Waals surface area contributed by atoms with E-state index < -0.39 is 0 Å². The summed E-state index contributed by atoms with van der Waals surface area (Å²) in [7, 11) is 0. The maximum atomic E-state index is 12.0. The number of nitrogens with zero attached hydrogens (tertiary/aromatic N) is 2. The van der Waals surface area contributed by atoms with Gasteiger partial charge in [-0.1, -0.05) is 0 Å². The predicted octanol–water partition coefficient (Wildman–Crippen LogP) is 0.437. The molecule has 3 fully saturated rings. The fourth-order valence-electron chi connectivity index (χ4n) is 3.81. The second kappa shape index (κ2) is 6.41. The lowest BCUT2D eigenvalue weighted by molar-refractivity contribution is -0.130. The highest BCUT2D eigenvalue weighted by Crippen LogP contribution is 2.25.